The summed E-state index contributed by atoms with van der Waals surface area (Å²) < 4.78 is 86.0. The van der Waals surface area contributed by atoms with Crippen molar-refractivity contribution in [3.8, 4) is 6.07 Å². The summed E-state index contributed by atoms with van der Waals surface area (Å²) in [5, 5.41) is 10.1. The average Bonchev–Trinajstić information content (AvgIpc) is 3.11. The second-order valence-corrected chi connectivity index (χ2v) is 9.13. The minimum absolute atomic E-state index is 0.0568. The number of aryl methyl sites for hydroxylation is 2. The summed E-state index contributed by atoms with van der Waals surface area (Å²) in [5.41, 5.74) is -2.82. The van der Waals surface area contributed by atoms with Crippen LogP contribution < -0.4 is 0 Å². The Labute approximate surface area is 203 Å². The number of rotatable bonds is 5. The highest BCUT2D eigenvalue weighted by Gasteiger charge is 2.36. The number of carbonyl (C=O) groups is 1. The molecule has 36 heavy (non-hydrogen) atoms. The van der Waals surface area contributed by atoms with E-state index in [1.165, 1.54) is 6.08 Å². The molecule has 1 aromatic heterocycles. The summed E-state index contributed by atoms with van der Waals surface area (Å²) in [5.74, 6) is -0.814. The molecule has 0 radical (unpaired) electrons. The molecule has 0 bridgehead atoms. The van der Waals surface area contributed by atoms with Crippen molar-refractivity contribution < 1.29 is 35.9 Å². The van der Waals surface area contributed by atoms with Crippen LogP contribution in [0.15, 0.2) is 54.2 Å². The van der Waals surface area contributed by atoms with Gasteiger partial charge in [0.05, 0.1) is 11.1 Å². The number of benzene rings is 2. The molecule has 0 saturated heterocycles. The lowest BCUT2D eigenvalue weighted by atomic mass is 10.0. The molecule has 0 aliphatic rings. The van der Waals surface area contributed by atoms with Crippen molar-refractivity contribution in [3.63, 3.8) is 0 Å². The van der Waals surface area contributed by atoms with E-state index in [9.17, 15) is 36.4 Å². The lowest BCUT2D eigenvalue weighted by molar-refractivity contribution is -0.149. The smallest absolute Gasteiger partial charge is 0.416 e. The zero-order chi connectivity index (χ0) is 26.9. The Morgan fingerprint density at radius 2 is 1.58 bits per heavy atom. The van der Waals surface area contributed by atoms with Crippen molar-refractivity contribution in [2.24, 2.45) is 0 Å². The van der Waals surface area contributed by atoms with E-state index < -0.39 is 35.0 Å². The Hall–Kier alpha value is -3.74. The lowest BCUT2D eigenvalue weighted by Gasteiger charge is -2.18. The molecule has 1 heterocycles. The van der Waals surface area contributed by atoms with Crippen LogP contribution in [0.25, 0.3) is 17.0 Å². The Balaban J connectivity index is 1.98. The van der Waals surface area contributed by atoms with E-state index in [2.05, 4.69) is 0 Å². The first-order valence-corrected chi connectivity index (χ1v) is 10.8. The Kier molecular flexibility index (Phi) is 7.25. The number of aromatic nitrogens is 1. The third-order valence-corrected chi connectivity index (χ3v) is 5.15. The minimum atomic E-state index is -4.93. The number of hydrogen-bond donors (Lipinski definition) is 0. The van der Waals surface area contributed by atoms with Crippen LogP contribution >= 0.6 is 0 Å². The number of hydrogen-bond acceptors (Lipinski definition) is 3. The molecule has 0 saturated carbocycles. The molecule has 0 fully saturated rings. The van der Waals surface area contributed by atoms with Crippen molar-refractivity contribution in [3.05, 3.63) is 76.5 Å². The van der Waals surface area contributed by atoms with Gasteiger partial charge in [0.25, 0.3) is 0 Å². The molecule has 190 valence electrons. The molecular formula is C26H22F6N2O2. The van der Waals surface area contributed by atoms with Gasteiger partial charge in [-0.15, -0.1) is 0 Å². The molecule has 0 atom stereocenters. The standard InChI is InChI=1S/C26H22F6N2O2/c1-24(2,3)36-23(35)17(14-33)12-18-15-34(22-7-5-4-6-21(18)22)9-8-16-10-19(25(27,28)29)13-20(11-16)26(30,31)32/h4-7,10-13,15H,8-9H2,1-3H3/b17-12+. The summed E-state index contributed by atoms with van der Waals surface area (Å²) in [6.45, 7) is 5.03. The van der Waals surface area contributed by atoms with Crippen LogP contribution in [0.2, 0.25) is 0 Å². The number of nitriles is 1. The zero-order valence-electron chi connectivity index (χ0n) is 19.6. The van der Waals surface area contributed by atoms with Gasteiger partial charge in [-0.3, -0.25) is 0 Å². The maximum Gasteiger partial charge on any atom is 0.416 e. The molecule has 0 aliphatic carbocycles. The maximum absolute atomic E-state index is 13.2. The molecule has 0 N–H and O–H groups in total. The van der Waals surface area contributed by atoms with E-state index in [4.69, 9.17) is 4.74 Å². The van der Waals surface area contributed by atoms with E-state index in [0.717, 1.165) is 0 Å². The first kappa shape index (κ1) is 26.9. The van der Waals surface area contributed by atoms with Gasteiger partial charge in [0, 0.05) is 29.2 Å². The van der Waals surface area contributed by atoms with Crippen LogP contribution in [0.5, 0.6) is 0 Å². The van der Waals surface area contributed by atoms with E-state index >= 15 is 0 Å². The van der Waals surface area contributed by atoms with Gasteiger partial charge in [-0.25, -0.2) is 4.79 Å². The number of nitrogens with zero attached hydrogens (tertiary/aromatic N) is 2. The normalized spacial score (nSPS) is 13.1. The number of carbonyl (C=O) groups excluding carboxylic acids is 1. The average molecular weight is 508 g/mol. The molecule has 2 aromatic carbocycles. The molecule has 0 amide bonds. The van der Waals surface area contributed by atoms with Crippen molar-refractivity contribution in [1.29, 1.82) is 5.26 Å². The van der Waals surface area contributed by atoms with Crippen LogP contribution in [0, 0.1) is 11.3 Å². The SMILES string of the molecule is CC(C)(C)OC(=O)/C(C#N)=C/c1cn(CCc2cc(C(F)(F)F)cc(C(F)(F)F)c2)c2ccccc12. The molecule has 10 heteroatoms. The van der Waals surface area contributed by atoms with Crippen molar-refractivity contribution >= 4 is 22.9 Å². The van der Waals surface area contributed by atoms with Gasteiger partial charge in [0.1, 0.15) is 17.2 Å². The third-order valence-electron chi connectivity index (χ3n) is 5.15. The van der Waals surface area contributed by atoms with Crippen LogP contribution in [-0.2, 0) is 34.8 Å². The number of halogens is 6. The van der Waals surface area contributed by atoms with Crippen molar-refractivity contribution in [2.45, 2.75) is 51.7 Å². The first-order chi connectivity index (χ1) is 16.6. The Bertz CT molecular complexity index is 1320. The first-order valence-electron chi connectivity index (χ1n) is 10.8. The van der Waals surface area contributed by atoms with Crippen LogP contribution in [0.1, 0.15) is 43.0 Å². The van der Waals surface area contributed by atoms with Crippen molar-refractivity contribution in [1.82, 2.24) is 4.57 Å². The van der Waals surface area contributed by atoms with Gasteiger partial charge >= 0.3 is 18.3 Å². The van der Waals surface area contributed by atoms with Crippen molar-refractivity contribution in [2.75, 3.05) is 0 Å². The number of esters is 1. The number of para-hydroxylation sites is 1. The monoisotopic (exact) mass is 508 g/mol. The molecule has 4 nitrogen and oxygen atoms in total. The largest absolute Gasteiger partial charge is 0.456 e. The van der Waals surface area contributed by atoms with E-state index in [1.807, 2.05) is 6.07 Å². The van der Waals surface area contributed by atoms with Crippen LogP contribution in [-0.4, -0.2) is 16.1 Å². The summed E-state index contributed by atoms with van der Waals surface area (Å²) in [6, 6.07) is 10.2. The highest BCUT2D eigenvalue weighted by Crippen LogP contribution is 2.36. The summed E-state index contributed by atoms with van der Waals surface area (Å²) in [7, 11) is 0. The number of alkyl halides is 6. The molecule has 0 aliphatic heterocycles. The van der Waals surface area contributed by atoms with Gasteiger partial charge in [0.15, 0.2) is 0 Å². The molecule has 3 rings (SSSR count). The predicted molar refractivity (Wildman–Crippen MR) is 122 cm³/mol. The number of fused-ring (bicyclic) bond motifs is 1. The molecule has 3 aromatic rings. The van der Waals surface area contributed by atoms with Gasteiger partial charge in [-0.2, -0.15) is 31.6 Å². The number of ether oxygens (including phenoxy) is 1. The molecular weight excluding hydrogens is 486 g/mol. The van der Waals surface area contributed by atoms with Gasteiger partial charge < -0.3 is 9.30 Å². The third kappa shape index (κ3) is 6.47. The predicted octanol–water partition coefficient (Wildman–Crippen LogP) is 7.17. The summed E-state index contributed by atoms with van der Waals surface area (Å²) in [4.78, 5) is 12.4. The van der Waals surface area contributed by atoms with Gasteiger partial charge in [0.2, 0.25) is 0 Å². The second-order valence-electron chi connectivity index (χ2n) is 9.13. The van der Waals surface area contributed by atoms with Crippen LogP contribution in [0.3, 0.4) is 0 Å². The lowest BCUT2D eigenvalue weighted by Crippen LogP contribution is -2.24. The highest BCUT2D eigenvalue weighted by molar-refractivity contribution is 6.01. The summed E-state index contributed by atoms with van der Waals surface area (Å²) in [6.07, 6.45) is -7.04. The molecule has 0 spiro atoms. The fourth-order valence-electron chi connectivity index (χ4n) is 3.61. The fourth-order valence-corrected chi connectivity index (χ4v) is 3.61. The van der Waals surface area contributed by atoms with Crippen LogP contribution in [0.4, 0.5) is 26.3 Å². The van der Waals surface area contributed by atoms with E-state index in [0.29, 0.717) is 28.6 Å². The van der Waals surface area contributed by atoms with E-state index in [-0.39, 0.29) is 30.2 Å². The van der Waals surface area contributed by atoms with Gasteiger partial charge in [-0.05, 0) is 63.1 Å². The Morgan fingerprint density at radius 3 is 2.11 bits per heavy atom. The van der Waals surface area contributed by atoms with E-state index in [1.54, 1.807) is 55.8 Å². The second kappa shape index (κ2) is 9.72. The van der Waals surface area contributed by atoms with Gasteiger partial charge in [-0.1, -0.05) is 18.2 Å². The molecule has 0 unspecified atom stereocenters. The maximum atomic E-state index is 13.2. The topological polar surface area (TPSA) is 55.0 Å². The minimum Gasteiger partial charge on any atom is -0.456 e. The highest BCUT2D eigenvalue weighted by atomic mass is 19.4. The fraction of sp³-hybridized carbons (Fsp3) is 0.308. The zero-order valence-corrected chi connectivity index (χ0v) is 19.6. The summed E-state index contributed by atoms with van der Waals surface area (Å²) >= 11 is 0. The quantitative estimate of drug-likeness (QED) is 0.159. The Morgan fingerprint density at radius 1 is 1.00 bits per heavy atom.